The van der Waals surface area contributed by atoms with Gasteiger partial charge in [-0.05, 0) is 50.4 Å². The van der Waals surface area contributed by atoms with Crippen LogP contribution >= 0.6 is 0 Å². The Morgan fingerprint density at radius 1 is 1.17 bits per heavy atom. The van der Waals surface area contributed by atoms with Gasteiger partial charge in [-0.25, -0.2) is 13.8 Å². The lowest BCUT2D eigenvalue weighted by atomic mass is 10.1. The summed E-state index contributed by atoms with van der Waals surface area (Å²) in [5.41, 5.74) is 7.36. The van der Waals surface area contributed by atoms with Crippen molar-refractivity contribution in [3.05, 3.63) is 41.1 Å². The first-order valence-corrected chi connectivity index (χ1v) is 6.07. The third-order valence-corrected chi connectivity index (χ3v) is 2.98. The molecule has 0 bridgehead atoms. The highest BCUT2D eigenvalue weighted by molar-refractivity contribution is 5.82. The number of nitrogens with zero attached hydrogens (tertiary/aromatic N) is 1. The first-order chi connectivity index (χ1) is 8.61. The Bertz CT molecular complexity index is 567. The van der Waals surface area contributed by atoms with Crippen molar-refractivity contribution >= 4 is 10.9 Å². The number of aryl methyl sites for hydroxylation is 2. The van der Waals surface area contributed by atoms with Gasteiger partial charge in [-0.1, -0.05) is 0 Å². The van der Waals surface area contributed by atoms with Crippen molar-refractivity contribution in [3.8, 4) is 0 Å². The number of hydrogen-bond acceptors (Lipinski definition) is 2. The van der Waals surface area contributed by atoms with Gasteiger partial charge < -0.3 is 5.73 Å². The molecule has 2 nitrogen and oxygen atoms in total. The number of pyridine rings is 1. The lowest BCUT2D eigenvalue weighted by molar-refractivity contribution is 0.589. The predicted octanol–water partition coefficient (Wildman–Crippen LogP) is 3.10. The van der Waals surface area contributed by atoms with Gasteiger partial charge in [0.2, 0.25) is 0 Å². The maximum absolute atomic E-state index is 13.7. The number of benzene rings is 1. The van der Waals surface area contributed by atoms with Crippen LogP contribution in [0.25, 0.3) is 10.9 Å². The second-order valence-corrected chi connectivity index (χ2v) is 4.46. The molecule has 0 atom stereocenters. The number of aromatic nitrogens is 1. The average Bonchev–Trinajstić information content (AvgIpc) is 2.31. The molecule has 18 heavy (non-hydrogen) atoms. The van der Waals surface area contributed by atoms with Crippen molar-refractivity contribution in [1.29, 1.82) is 0 Å². The van der Waals surface area contributed by atoms with Crippen molar-refractivity contribution < 1.29 is 8.78 Å². The van der Waals surface area contributed by atoms with Gasteiger partial charge in [0.15, 0.2) is 5.82 Å². The number of rotatable bonds is 4. The van der Waals surface area contributed by atoms with Crippen LogP contribution in [0.5, 0.6) is 0 Å². The molecule has 0 aliphatic carbocycles. The predicted molar refractivity (Wildman–Crippen MR) is 68.4 cm³/mol. The molecule has 0 saturated carbocycles. The molecule has 2 N–H and O–H groups in total. The van der Waals surface area contributed by atoms with Crippen LogP contribution in [0, 0.1) is 18.6 Å². The molecule has 0 aliphatic heterocycles. The summed E-state index contributed by atoms with van der Waals surface area (Å²) in [6, 6.07) is 4.08. The topological polar surface area (TPSA) is 38.9 Å². The van der Waals surface area contributed by atoms with Crippen LogP contribution in [0.15, 0.2) is 18.2 Å². The van der Waals surface area contributed by atoms with Gasteiger partial charge in [0.1, 0.15) is 11.3 Å². The highest BCUT2D eigenvalue weighted by atomic mass is 19.1. The summed E-state index contributed by atoms with van der Waals surface area (Å²) in [6.45, 7) is 2.49. The fourth-order valence-electron chi connectivity index (χ4n) is 2.06. The quantitative estimate of drug-likeness (QED) is 0.847. The van der Waals surface area contributed by atoms with Crippen molar-refractivity contribution in [2.24, 2.45) is 5.73 Å². The SMILES string of the molecule is Cc1cc(CCCCN)nc2c(F)cc(F)cc12. The zero-order valence-electron chi connectivity index (χ0n) is 10.3. The molecule has 2 aromatic rings. The Balaban J connectivity index is 2.42. The van der Waals surface area contributed by atoms with Crippen molar-refractivity contribution in [1.82, 2.24) is 4.98 Å². The molecule has 0 saturated heterocycles. The highest BCUT2D eigenvalue weighted by Gasteiger charge is 2.09. The molecule has 0 radical (unpaired) electrons. The summed E-state index contributed by atoms with van der Waals surface area (Å²) in [5, 5.41) is 0.537. The maximum Gasteiger partial charge on any atom is 0.152 e. The lowest BCUT2D eigenvalue weighted by Crippen LogP contribution is -2.01. The summed E-state index contributed by atoms with van der Waals surface area (Å²) in [7, 11) is 0. The van der Waals surface area contributed by atoms with Gasteiger partial charge in [0.25, 0.3) is 0 Å². The first-order valence-electron chi connectivity index (χ1n) is 6.07. The van der Waals surface area contributed by atoms with E-state index in [-0.39, 0.29) is 5.52 Å². The van der Waals surface area contributed by atoms with E-state index < -0.39 is 11.6 Å². The van der Waals surface area contributed by atoms with Crippen LogP contribution in [-0.4, -0.2) is 11.5 Å². The minimum Gasteiger partial charge on any atom is -0.330 e. The van der Waals surface area contributed by atoms with Gasteiger partial charge in [0, 0.05) is 17.1 Å². The molecule has 0 unspecified atom stereocenters. The molecular weight excluding hydrogens is 234 g/mol. The van der Waals surface area contributed by atoms with E-state index in [2.05, 4.69) is 4.98 Å². The summed E-state index contributed by atoms with van der Waals surface area (Å²) in [5.74, 6) is -1.17. The first kappa shape index (κ1) is 12.9. The average molecular weight is 250 g/mol. The normalized spacial score (nSPS) is 11.1. The summed E-state index contributed by atoms with van der Waals surface area (Å²) >= 11 is 0. The van der Waals surface area contributed by atoms with E-state index in [9.17, 15) is 8.78 Å². The fourth-order valence-corrected chi connectivity index (χ4v) is 2.06. The number of halogens is 2. The third-order valence-electron chi connectivity index (χ3n) is 2.98. The molecule has 2 rings (SSSR count). The monoisotopic (exact) mass is 250 g/mol. The van der Waals surface area contributed by atoms with E-state index in [1.165, 1.54) is 6.07 Å². The van der Waals surface area contributed by atoms with E-state index in [4.69, 9.17) is 5.73 Å². The zero-order chi connectivity index (χ0) is 13.1. The smallest absolute Gasteiger partial charge is 0.152 e. The van der Waals surface area contributed by atoms with Crippen LogP contribution < -0.4 is 5.73 Å². The third kappa shape index (κ3) is 2.64. The number of nitrogens with two attached hydrogens (primary N) is 1. The Morgan fingerprint density at radius 3 is 2.67 bits per heavy atom. The van der Waals surface area contributed by atoms with Gasteiger partial charge >= 0.3 is 0 Å². The van der Waals surface area contributed by atoms with Crippen LogP contribution in [0.2, 0.25) is 0 Å². The fraction of sp³-hybridized carbons (Fsp3) is 0.357. The maximum atomic E-state index is 13.7. The van der Waals surface area contributed by atoms with Gasteiger partial charge in [-0.3, -0.25) is 0 Å². The van der Waals surface area contributed by atoms with E-state index in [1.54, 1.807) is 0 Å². The van der Waals surface area contributed by atoms with Crippen LogP contribution in [0.3, 0.4) is 0 Å². The van der Waals surface area contributed by atoms with Gasteiger partial charge in [-0.15, -0.1) is 0 Å². The highest BCUT2D eigenvalue weighted by Crippen LogP contribution is 2.22. The van der Waals surface area contributed by atoms with E-state index >= 15 is 0 Å². The minimum absolute atomic E-state index is 0.249. The van der Waals surface area contributed by atoms with Crippen molar-refractivity contribution in [3.63, 3.8) is 0 Å². The van der Waals surface area contributed by atoms with E-state index in [0.717, 1.165) is 36.6 Å². The molecule has 0 aliphatic rings. The zero-order valence-corrected chi connectivity index (χ0v) is 10.3. The molecule has 0 fully saturated rings. The number of fused-ring (bicyclic) bond motifs is 1. The van der Waals surface area contributed by atoms with Gasteiger partial charge in [0.05, 0.1) is 0 Å². The number of hydrogen-bond donors (Lipinski definition) is 1. The van der Waals surface area contributed by atoms with Gasteiger partial charge in [-0.2, -0.15) is 0 Å². The van der Waals surface area contributed by atoms with Crippen LogP contribution in [-0.2, 0) is 6.42 Å². The van der Waals surface area contributed by atoms with Crippen LogP contribution in [0.1, 0.15) is 24.1 Å². The van der Waals surface area contributed by atoms with E-state index in [1.807, 2.05) is 13.0 Å². The Kier molecular flexibility index (Phi) is 3.87. The minimum atomic E-state index is -0.603. The summed E-state index contributed by atoms with van der Waals surface area (Å²) in [6.07, 6.45) is 2.62. The van der Waals surface area contributed by atoms with E-state index in [0.29, 0.717) is 11.9 Å². The summed E-state index contributed by atoms with van der Waals surface area (Å²) < 4.78 is 26.8. The molecular formula is C14H16F2N2. The molecule has 1 aromatic heterocycles. The lowest BCUT2D eigenvalue weighted by Gasteiger charge is -2.07. The number of unbranched alkanes of at least 4 members (excludes halogenated alkanes) is 1. The Hall–Kier alpha value is -1.55. The Labute approximate surface area is 105 Å². The molecule has 4 heteroatoms. The van der Waals surface area contributed by atoms with Crippen molar-refractivity contribution in [2.75, 3.05) is 6.54 Å². The molecule has 0 spiro atoms. The second-order valence-electron chi connectivity index (χ2n) is 4.46. The van der Waals surface area contributed by atoms with Crippen LogP contribution in [0.4, 0.5) is 8.78 Å². The Morgan fingerprint density at radius 2 is 1.94 bits per heavy atom. The largest absolute Gasteiger partial charge is 0.330 e. The molecule has 1 heterocycles. The second kappa shape index (κ2) is 5.40. The molecule has 0 amide bonds. The van der Waals surface area contributed by atoms with Crippen molar-refractivity contribution in [2.45, 2.75) is 26.2 Å². The molecule has 1 aromatic carbocycles. The summed E-state index contributed by atoms with van der Waals surface area (Å²) in [4.78, 5) is 4.27. The molecule has 96 valence electrons. The standard InChI is InChI=1S/C14H16F2N2/c1-9-6-11(4-2-3-5-17)18-14-12(9)7-10(15)8-13(14)16/h6-8H,2-5,17H2,1H3.